The molecular formula is C12H15N2NaO3. The molecule has 0 bridgehead atoms. The van der Waals surface area contributed by atoms with Crippen LogP contribution in [0, 0.1) is 5.41 Å². The SMILES string of the molecule is CC1(CC2=CCCCC2)C(=O)NC(=O)N=C1[O-].[Na+]. The topological polar surface area (TPSA) is 81.6 Å². The molecule has 0 aromatic rings. The third-order valence-corrected chi connectivity index (χ3v) is 3.36. The molecule has 1 aliphatic heterocycles. The van der Waals surface area contributed by atoms with Gasteiger partial charge < -0.3 is 5.11 Å². The van der Waals surface area contributed by atoms with E-state index in [1.165, 1.54) is 0 Å². The summed E-state index contributed by atoms with van der Waals surface area (Å²) < 4.78 is 0. The Hall–Kier alpha value is -0.650. The van der Waals surface area contributed by atoms with Crippen LogP contribution in [-0.4, -0.2) is 17.8 Å². The molecule has 2 rings (SSSR count). The number of urea groups is 1. The zero-order chi connectivity index (χ0) is 12.5. The first kappa shape index (κ1) is 15.4. The molecule has 92 valence electrons. The monoisotopic (exact) mass is 258 g/mol. The van der Waals surface area contributed by atoms with Crippen LogP contribution < -0.4 is 40.0 Å². The third kappa shape index (κ3) is 3.02. The number of imide groups is 1. The van der Waals surface area contributed by atoms with Crippen molar-refractivity contribution in [2.24, 2.45) is 10.4 Å². The summed E-state index contributed by atoms with van der Waals surface area (Å²) in [6.07, 6.45) is 6.62. The van der Waals surface area contributed by atoms with E-state index in [4.69, 9.17) is 0 Å². The van der Waals surface area contributed by atoms with E-state index in [9.17, 15) is 14.7 Å². The van der Waals surface area contributed by atoms with Crippen LogP contribution in [0.2, 0.25) is 0 Å². The average molecular weight is 258 g/mol. The number of nitrogens with zero attached hydrogens (tertiary/aromatic N) is 1. The molecule has 0 aromatic heterocycles. The van der Waals surface area contributed by atoms with E-state index < -0.39 is 23.3 Å². The van der Waals surface area contributed by atoms with E-state index in [0.29, 0.717) is 6.42 Å². The Bertz CT molecular complexity index is 431. The normalized spacial score (nSPS) is 27.8. The molecule has 1 aliphatic carbocycles. The van der Waals surface area contributed by atoms with E-state index in [2.05, 4.69) is 16.4 Å². The number of nitrogens with one attached hydrogen (secondary N) is 1. The Morgan fingerprint density at radius 3 is 2.72 bits per heavy atom. The van der Waals surface area contributed by atoms with Crippen molar-refractivity contribution in [1.29, 1.82) is 0 Å². The number of aliphatic imine (C=N–C) groups is 1. The van der Waals surface area contributed by atoms with Gasteiger partial charge in [-0.05, 0) is 44.9 Å². The first-order valence-electron chi connectivity index (χ1n) is 5.82. The van der Waals surface area contributed by atoms with Crippen LogP contribution in [0.4, 0.5) is 4.79 Å². The number of rotatable bonds is 2. The van der Waals surface area contributed by atoms with E-state index in [-0.39, 0.29) is 29.6 Å². The van der Waals surface area contributed by atoms with E-state index >= 15 is 0 Å². The molecule has 1 atom stereocenters. The molecule has 0 radical (unpaired) electrons. The van der Waals surface area contributed by atoms with Gasteiger partial charge in [0, 0.05) is 0 Å². The van der Waals surface area contributed by atoms with E-state index in [1.807, 2.05) is 0 Å². The predicted octanol–water partition coefficient (Wildman–Crippen LogP) is -2.10. The molecule has 3 amide bonds. The molecule has 1 heterocycles. The maximum absolute atomic E-state index is 11.8. The Kier molecular flexibility index (Phi) is 5.13. The molecule has 2 aliphatic rings. The zero-order valence-electron chi connectivity index (χ0n) is 10.8. The van der Waals surface area contributed by atoms with Gasteiger partial charge in [0.25, 0.3) is 0 Å². The molecule has 1 unspecified atom stereocenters. The van der Waals surface area contributed by atoms with Crippen molar-refractivity contribution in [1.82, 2.24) is 5.32 Å². The summed E-state index contributed by atoms with van der Waals surface area (Å²) in [5.41, 5.74) is -0.0938. The molecule has 5 nitrogen and oxygen atoms in total. The number of carbonyl (C=O) groups excluding carboxylic acids is 2. The third-order valence-electron chi connectivity index (χ3n) is 3.36. The van der Waals surface area contributed by atoms with Crippen molar-refractivity contribution < 1.29 is 44.3 Å². The van der Waals surface area contributed by atoms with Crippen LogP contribution in [0.15, 0.2) is 16.6 Å². The smallest absolute Gasteiger partial charge is 0.861 e. The molecular weight excluding hydrogens is 243 g/mol. The van der Waals surface area contributed by atoms with Gasteiger partial charge in [0.15, 0.2) is 0 Å². The zero-order valence-corrected chi connectivity index (χ0v) is 12.8. The number of carbonyl (C=O) groups is 2. The van der Waals surface area contributed by atoms with Gasteiger partial charge >= 0.3 is 35.6 Å². The fraction of sp³-hybridized carbons (Fsp3) is 0.583. The number of hydrogen-bond donors (Lipinski definition) is 1. The van der Waals surface area contributed by atoms with Gasteiger partial charge in [0.1, 0.15) is 0 Å². The summed E-state index contributed by atoms with van der Waals surface area (Å²) in [7, 11) is 0. The summed E-state index contributed by atoms with van der Waals surface area (Å²) in [6, 6.07) is -0.852. The first-order valence-corrected chi connectivity index (χ1v) is 5.82. The summed E-state index contributed by atoms with van der Waals surface area (Å²) in [4.78, 5) is 26.0. The maximum atomic E-state index is 11.8. The molecule has 0 spiro atoms. The van der Waals surface area contributed by atoms with E-state index in [0.717, 1.165) is 31.3 Å². The minimum absolute atomic E-state index is 0. The largest absolute Gasteiger partial charge is 1.00 e. The van der Waals surface area contributed by atoms with Crippen molar-refractivity contribution in [3.63, 3.8) is 0 Å². The van der Waals surface area contributed by atoms with Gasteiger partial charge in [0.05, 0.1) is 5.41 Å². The Balaban J connectivity index is 0.00000162. The van der Waals surface area contributed by atoms with Crippen molar-refractivity contribution in [2.45, 2.75) is 39.0 Å². The standard InChI is InChI=1S/C12H16N2O3.Na/c1-12(7-8-5-3-2-4-6-8)9(15)13-11(17)14-10(12)16;/h5H,2-4,6-7H2,1H3,(H2,13,14,15,16,17);/q;+1/p-1. The number of hydrogen-bond acceptors (Lipinski definition) is 3. The van der Waals surface area contributed by atoms with Crippen LogP contribution in [0.1, 0.15) is 39.0 Å². The van der Waals surface area contributed by atoms with Crippen molar-refractivity contribution in [3.05, 3.63) is 11.6 Å². The van der Waals surface area contributed by atoms with Gasteiger partial charge in [-0.15, -0.1) is 0 Å². The number of allylic oxidation sites excluding steroid dienone is 2. The summed E-state index contributed by atoms with van der Waals surface area (Å²) in [6.45, 7) is 1.55. The second-order valence-corrected chi connectivity index (χ2v) is 4.79. The van der Waals surface area contributed by atoms with Gasteiger partial charge in [-0.1, -0.05) is 11.6 Å². The van der Waals surface area contributed by atoms with Gasteiger partial charge in [-0.25, -0.2) is 9.79 Å². The minimum atomic E-state index is -1.21. The Morgan fingerprint density at radius 1 is 1.44 bits per heavy atom. The predicted molar refractivity (Wildman–Crippen MR) is 60.2 cm³/mol. The first-order chi connectivity index (χ1) is 8.02. The second kappa shape index (κ2) is 5.99. The molecule has 6 heteroatoms. The van der Waals surface area contributed by atoms with E-state index in [1.54, 1.807) is 6.92 Å². The van der Waals surface area contributed by atoms with Crippen LogP contribution in [0.25, 0.3) is 0 Å². The van der Waals surface area contributed by atoms with Gasteiger partial charge in [-0.2, -0.15) is 0 Å². The quantitative estimate of drug-likeness (QED) is 0.455. The van der Waals surface area contributed by atoms with Crippen molar-refractivity contribution >= 4 is 17.8 Å². The summed E-state index contributed by atoms with van der Waals surface area (Å²) >= 11 is 0. The van der Waals surface area contributed by atoms with Gasteiger partial charge in [0.2, 0.25) is 5.91 Å². The average Bonchev–Trinajstić information content (AvgIpc) is 2.28. The van der Waals surface area contributed by atoms with Crippen LogP contribution in [-0.2, 0) is 4.79 Å². The fourth-order valence-corrected chi connectivity index (χ4v) is 2.25. The van der Waals surface area contributed by atoms with Crippen LogP contribution >= 0.6 is 0 Å². The van der Waals surface area contributed by atoms with Crippen LogP contribution in [0.5, 0.6) is 0 Å². The summed E-state index contributed by atoms with van der Waals surface area (Å²) in [5, 5.41) is 13.8. The molecule has 0 aromatic carbocycles. The molecule has 18 heavy (non-hydrogen) atoms. The molecule has 0 saturated carbocycles. The Labute approximate surface area is 128 Å². The minimum Gasteiger partial charge on any atom is -0.861 e. The van der Waals surface area contributed by atoms with Crippen molar-refractivity contribution in [3.8, 4) is 0 Å². The summed E-state index contributed by atoms with van der Waals surface area (Å²) in [5.74, 6) is -1.16. The Morgan fingerprint density at radius 2 is 2.17 bits per heavy atom. The molecule has 0 fully saturated rings. The number of amides is 3. The fourth-order valence-electron chi connectivity index (χ4n) is 2.25. The maximum Gasteiger partial charge on any atom is 1.00 e. The van der Waals surface area contributed by atoms with Crippen molar-refractivity contribution in [2.75, 3.05) is 0 Å². The van der Waals surface area contributed by atoms with Gasteiger partial charge in [-0.3, -0.25) is 10.1 Å². The van der Waals surface area contributed by atoms with Crippen LogP contribution in [0.3, 0.4) is 0 Å². The molecule has 1 N–H and O–H groups in total. The second-order valence-electron chi connectivity index (χ2n) is 4.79. The molecule has 0 saturated heterocycles.